The van der Waals surface area contributed by atoms with Crippen molar-refractivity contribution in [3.63, 3.8) is 0 Å². The molecule has 5 heteroatoms. The van der Waals surface area contributed by atoms with Gasteiger partial charge in [0, 0.05) is 5.41 Å². The Morgan fingerprint density at radius 3 is 2.29 bits per heavy atom. The van der Waals surface area contributed by atoms with Crippen LogP contribution in [0.1, 0.15) is 20.8 Å². The minimum Gasteiger partial charge on any atom is -0.294 e. The van der Waals surface area contributed by atoms with E-state index in [2.05, 4.69) is 15.3 Å². The predicted molar refractivity (Wildman–Crippen MR) is 50.1 cm³/mol. The monoisotopic (exact) mass is 197 g/mol. The second-order valence-corrected chi connectivity index (χ2v) is 3.93. The summed E-state index contributed by atoms with van der Waals surface area (Å²) >= 11 is 0. The topological polar surface area (TPSA) is 54.9 Å². The van der Waals surface area contributed by atoms with Crippen LogP contribution in [0.2, 0.25) is 0 Å². The van der Waals surface area contributed by atoms with Crippen LogP contribution >= 0.6 is 0 Å². The molecule has 1 aromatic heterocycles. The molecule has 1 amide bonds. The van der Waals surface area contributed by atoms with E-state index in [1.54, 1.807) is 20.8 Å². The van der Waals surface area contributed by atoms with E-state index in [4.69, 9.17) is 0 Å². The Hall–Kier alpha value is -1.52. The van der Waals surface area contributed by atoms with Crippen molar-refractivity contribution in [3.8, 4) is 0 Å². The molecule has 0 spiro atoms. The summed E-state index contributed by atoms with van der Waals surface area (Å²) in [7, 11) is 0. The van der Waals surface area contributed by atoms with Crippen molar-refractivity contribution in [1.29, 1.82) is 0 Å². The largest absolute Gasteiger partial charge is 0.294 e. The number of rotatable bonds is 1. The zero-order chi connectivity index (χ0) is 10.8. The molecule has 0 unspecified atom stereocenters. The lowest BCUT2D eigenvalue weighted by Crippen LogP contribution is -2.28. The highest BCUT2D eigenvalue weighted by Gasteiger charge is 2.21. The van der Waals surface area contributed by atoms with E-state index in [0.717, 1.165) is 12.4 Å². The lowest BCUT2D eigenvalue weighted by molar-refractivity contribution is -0.123. The average Bonchev–Trinajstić information content (AvgIpc) is 2.07. The molecule has 76 valence electrons. The highest BCUT2D eigenvalue weighted by molar-refractivity contribution is 5.92. The predicted octanol–water partition coefficient (Wildman–Crippen LogP) is 1.60. The molecule has 1 N–H and O–H groups in total. The summed E-state index contributed by atoms with van der Waals surface area (Å²) in [4.78, 5) is 18.7. The van der Waals surface area contributed by atoms with Crippen LogP contribution in [0.5, 0.6) is 0 Å². The van der Waals surface area contributed by atoms with E-state index in [9.17, 15) is 9.18 Å². The van der Waals surface area contributed by atoms with Gasteiger partial charge in [-0.2, -0.15) is 0 Å². The molecule has 1 aromatic rings. The molecule has 0 aliphatic heterocycles. The Kier molecular flexibility index (Phi) is 2.78. The van der Waals surface area contributed by atoms with Gasteiger partial charge in [-0.25, -0.2) is 14.4 Å². The van der Waals surface area contributed by atoms with Crippen molar-refractivity contribution in [2.45, 2.75) is 20.8 Å². The SMILES string of the molecule is CC(C)(C)C(=O)Nc1ncc(F)cn1. The molecular weight excluding hydrogens is 185 g/mol. The first-order valence-corrected chi connectivity index (χ1v) is 4.18. The van der Waals surface area contributed by atoms with Crippen LogP contribution in [-0.4, -0.2) is 15.9 Å². The number of hydrogen-bond acceptors (Lipinski definition) is 3. The zero-order valence-electron chi connectivity index (χ0n) is 8.34. The normalized spacial score (nSPS) is 11.1. The van der Waals surface area contributed by atoms with Crippen molar-refractivity contribution in [2.75, 3.05) is 5.32 Å². The lowest BCUT2D eigenvalue weighted by Gasteiger charge is -2.16. The second kappa shape index (κ2) is 3.69. The van der Waals surface area contributed by atoms with Crippen LogP contribution in [0.25, 0.3) is 0 Å². The van der Waals surface area contributed by atoms with Crippen LogP contribution in [-0.2, 0) is 4.79 Å². The number of aromatic nitrogens is 2. The van der Waals surface area contributed by atoms with Gasteiger partial charge < -0.3 is 0 Å². The van der Waals surface area contributed by atoms with Gasteiger partial charge in [-0.3, -0.25) is 10.1 Å². The Morgan fingerprint density at radius 1 is 1.36 bits per heavy atom. The molecule has 0 saturated heterocycles. The second-order valence-electron chi connectivity index (χ2n) is 3.93. The van der Waals surface area contributed by atoms with Crippen LogP contribution in [0, 0.1) is 11.2 Å². The highest BCUT2D eigenvalue weighted by Crippen LogP contribution is 2.14. The van der Waals surface area contributed by atoms with Crippen LogP contribution < -0.4 is 5.32 Å². The summed E-state index contributed by atoms with van der Waals surface area (Å²) in [6, 6.07) is 0. The summed E-state index contributed by atoms with van der Waals surface area (Å²) in [5, 5.41) is 2.48. The van der Waals surface area contributed by atoms with Crippen LogP contribution in [0.4, 0.5) is 10.3 Å². The summed E-state index contributed by atoms with van der Waals surface area (Å²) < 4.78 is 12.4. The van der Waals surface area contributed by atoms with E-state index in [1.807, 2.05) is 0 Å². The molecule has 0 aliphatic rings. The summed E-state index contributed by atoms with van der Waals surface area (Å²) in [5.74, 6) is -0.616. The number of nitrogens with one attached hydrogen (secondary N) is 1. The first-order valence-electron chi connectivity index (χ1n) is 4.18. The fraction of sp³-hybridized carbons (Fsp3) is 0.444. The van der Waals surface area contributed by atoms with Gasteiger partial charge >= 0.3 is 0 Å². The molecule has 1 rings (SSSR count). The Bertz CT molecular complexity index is 329. The third-order valence-corrected chi connectivity index (χ3v) is 1.53. The van der Waals surface area contributed by atoms with E-state index in [1.165, 1.54) is 0 Å². The molecule has 0 aromatic carbocycles. The maximum atomic E-state index is 12.4. The molecule has 0 radical (unpaired) electrons. The number of anilines is 1. The zero-order valence-corrected chi connectivity index (χ0v) is 8.34. The van der Waals surface area contributed by atoms with Gasteiger partial charge in [-0.15, -0.1) is 0 Å². The molecule has 0 bridgehead atoms. The van der Waals surface area contributed by atoms with Crippen LogP contribution in [0.15, 0.2) is 12.4 Å². The standard InChI is InChI=1S/C9H12FN3O/c1-9(2,3)7(14)13-8-11-4-6(10)5-12-8/h4-5H,1-3H3,(H,11,12,13,14). The third-order valence-electron chi connectivity index (χ3n) is 1.53. The molecule has 4 nitrogen and oxygen atoms in total. The quantitative estimate of drug-likeness (QED) is 0.744. The molecule has 0 aliphatic carbocycles. The summed E-state index contributed by atoms with van der Waals surface area (Å²) in [6.45, 7) is 5.31. The minimum atomic E-state index is -0.529. The van der Waals surface area contributed by atoms with E-state index < -0.39 is 11.2 Å². The number of nitrogens with zero attached hydrogens (tertiary/aromatic N) is 2. The molecule has 0 fully saturated rings. The summed E-state index contributed by atoms with van der Waals surface area (Å²) in [6.07, 6.45) is 2.01. The van der Waals surface area contributed by atoms with Gasteiger partial charge in [0.05, 0.1) is 12.4 Å². The first-order chi connectivity index (χ1) is 6.39. The fourth-order valence-electron chi connectivity index (χ4n) is 0.666. The van der Waals surface area contributed by atoms with Gasteiger partial charge in [-0.1, -0.05) is 20.8 Å². The van der Waals surface area contributed by atoms with Gasteiger partial charge in [0.15, 0.2) is 5.82 Å². The lowest BCUT2D eigenvalue weighted by atomic mass is 9.96. The van der Waals surface area contributed by atoms with Crippen molar-refractivity contribution in [1.82, 2.24) is 9.97 Å². The molecule has 14 heavy (non-hydrogen) atoms. The van der Waals surface area contributed by atoms with Crippen molar-refractivity contribution < 1.29 is 9.18 Å². The van der Waals surface area contributed by atoms with Crippen molar-refractivity contribution >= 4 is 11.9 Å². The number of halogens is 1. The molecule has 0 saturated carbocycles. The van der Waals surface area contributed by atoms with Crippen molar-refractivity contribution in [3.05, 3.63) is 18.2 Å². The van der Waals surface area contributed by atoms with Crippen molar-refractivity contribution in [2.24, 2.45) is 5.41 Å². The average molecular weight is 197 g/mol. The highest BCUT2D eigenvalue weighted by atomic mass is 19.1. The van der Waals surface area contributed by atoms with Gasteiger partial charge in [0.2, 0.25) is 11.9 Å². The van der Waals surface area contributed by atoms with Crippen LogP contribution in [0.3, 0.4) is 0 Å². The smallest absolute Gasteiger partial charge is 0.232 e. The van der Waals surface area contributed by atoms with Gasteiger partial charge in [0.25, 0.3) is 0 Å². The minimum absolute atomic E-state index is 0.117. The number of amides is 1. The fourth-order valence-corrected chi connectivity index (χ4v) is 0.666. The maximum absolute atomic E-state index is 12.4. The Labute approximate surface area is 81.6 Å². The number of carbonyl (C=O) groups is 1. The van der Waals surface area contributed by atoms with Gasteiger partial charge in [-0.05, 0) is 0 Å². The van der Waals surface area contributed by atoms with E-state index >= 15 is 0 Å². The van der Waals surface area contributed by atoms with E-state index in [-0.39, 0.29) is 11.9 Å². The molecule has 1 heterocycles. The maximum Gasteiger partial charge on any atom is 0.232 e. The summed E-state index contributed by atoms with van der Waals surface area (Å²) in [5.41, 5.74) is -0.516. The Morgan fingerprint density at radius 2 is 1.86 bits per heavy atom. The Balaban J connectivity index is 2.71. The first kappa shape index (κ1) is 10.6. The van der Waals surface area contributed by atoms with Gasteiger partial charge in [0.1, 0.15) is 0 Å². The number of hydrogen-bond donors (Lipinski definition) is 1. The third kappa shape index (κ3) is 2.76. The molecule has 0 atom stereocenters. The van der Waals surface area contributed by atoms with E-state index in [0.29, 0.717) is 0 Å². The number of carbonyl (C=O) groups excluding carboxylic acids is 1. The molecular formula is C9H12FN3O.